The van der Waals surface area contributed by atoms with E-state index in [2.05, 4.69) is 4.98 Å². The van der Waals surface area contributed by atoms with E-state index in [4.69, 9.17) is 0 Å². The molecule has 2 heterocycles. The summed E-state index contributed by atoms with van der Waals surface area (Å²) in [6.07, 6.45) is 0.627. The lowest BCUT2D eigenvalue weighted by Gasteiger charge is -2.25. The third-order valence-electron chi connectivity index (χ3n) is 5.55. The summed E-state index contributed by atoms with van der Waals surface area (Å²) >= 11 is 0. The number of rotatable bonds is 5. The number of carbonyl (C=O) groups is 2. The molecule has 158 valence electrons. The molecule has 2 N–H and O–H groups in total. The van der Waals surface area contributed by atoms with Crippen molar-refractivity contribution in [2.75, 3.05) is 6.54 Å². The van der Waals surface area contributed by atoms with Gasteiger partial charge in [0.05, 0.1) is 16.5 Å². The van der Waals surface area contributed by atoms with Crippen LogP contribution in [0.4, 0.5) is 5.69 Å². The highest BCUT2D eigenvalue weighted by Gasteiger charge is 2.47. The number of para-hydroxylation sites is 1. The quantitative estimate of drug-likeness (QED) is 0.211. The monoisotopic (exact) mass is 419 g/mol. The van der Waals surface area contributed by atoms with Gasteiger partial charge in [0.1, 0.15) is 5.76 Å². The maximum absolute atomic E-state index is 13.0. The zero-order valence-electron chi connectivity index (χ0n) is 17.1. The molecule has 0 aliphatic carbocycles. The number of nitrogens with one attached hydrogen (secondary N) is 1. The first kappa shape index (κ1) is 20.3. The van der Waals surface area contributed by atoms with Gasteiger partial charge in [-0.15, -0.1) is 0 Å². The zero-order chi connectivity index (χ0) is 22.3. The number of benzene rings is 2. The Hall–Kier alpha value is -3.94. The van der Waals surface area contributed by atoms with Gasteiger partial charge < -0.3 is 15.0 Å². The van der Waals surface area contributed by atoms with Gasteiger partial charge in [-0.2, -0.15) is 0 Å². The van der Waals surface area contributed by atoms with Gasteiger partial charge in [-0.3, -0.25) is 19.7 Å². The van der Waals surface area contributed by atoms with Crippen LogP contribution in [-0.4, -0.2) is 38.1 Å². The fourth-order valence-electron chi connectivity index (χ4n) is 4.22. The fourth-order valence-corrected chi connectivity index (χ4v) is 4.22. The zero-order valence-corrected chi connectivity index (χ0v) is 17.1. The van der Waals surface area contributed by atoms with Gasteiger partial charge >= 0.3 is 0 Å². The number of H-pyrrole nitrogens is 1. The van der Waals surface area contributed by atoms with Crippen LogP contribution in [0.5, 0.6) is 0 Å². The number of nitrogens with zero attached hydrogens (tertiary/aromatic N) is 2. The van der Waals surface area contributed by atoms with Crippen molar-refractivity contribution < 1.29 is 19.6 Å². The number of aliphatic hydroxyl groups is 1. The van der Waals surface area contributed by atoms with Crippen LogP contribution in [0, 0.1) is 17.0 Å². The van der Waals surface area contributed by atoms with Crippen LogP contribution in [0.2, 0.25) is 0 Å². The van der Waals surface area contributed by atoms with E-state index in [-0.39, 0.29) is 16.8 Å². The molecule has 0 spiro atoms. The lowest BCUT2D eigenvalue weighted by Crippen LogP contribution is -2.30. The molecule has 3 aromatic rings. The van der Waals surface area contributed by atoms with E-state index in [1.807, 2.05) is 38.1 Å². The number of nitro groups is 1. The van der Waals surface area contributed by atoms with Crippen LogP contribution in [0.15, 0.2) is 54.1 Å². The van der Waals surface area contributed by atoms with E-state index in [1.54, 1.807) is 0 Å². The number of non-ortho nitro benzene ring substituents is 1. The van der Waals surface area contributed by atoms with E-state index in [0.29, 0.717) is 13.0 Å². The second-order valence-electron chi connectivity index (χ2n) is 7.51. The van der Waals surface area contributed by atoms with Crippen LogP contribution >= 0.6 is 0 Å². The third-order valence-corrected chi connectivity index (χ3v) is 5.55. The van der Waals surface area contributed by atoms with E-state index >= 15 is 0 Å². The van der Waals surface area contributed by atoms with Crippen LogP contribution in [0.25, 0.3) is 16.7 Å². The van der Waals surface area contributed by atoms with Crippen molar-refractivity contribution >= 4 is 34.0 Å². The van der Waals surface area contributed by atoms with Crippen LogP contribution in [0.3, 0.4) is 0 Å². The number of hydrogen-bond acceptors (Lipinski definition) is 5. The summed E-state index contributed by atoms with van der Waals surface area (Å²) in [6, 6.07) is 12.2. The molecule has 0 saturated carbocycles. The first-order valence-electron chi connectivity index (χ1n) is 9.95. The molecule has 1 amide bonds. The van der Waals surface area contributed by atoms with Gasteiger partial charge in [0.25, 0.3) is 17.4 Å². The Labute approximate surface area is 177 Å². The van der Waals surface area contributed by atoms with Crippen molar-refractivity contribution in [3.05, 3.63) is 81.0 Å². The second kappa shape index (κ2) is 7.71. The summed E-state index contributed by atoms with van der Waals surface area (Å²) in [5.74, 6) is -1.91. The molecule has 0 radical (unpaired) electrons. The molecule has 1 aliphatic heterocycles. The maximum Gasteiger partial charge on any atom is 0.295 e. The first-order valence-corrected chi connectivity index (χ1v) is 9.95. The number of aryl methyl sites for hydroxylation is 1. The number of nitro benzene ring substituents is 1. The Kier molecular flexibility index (Phi) is 5.06. The molecule has 1 saturated heterocycles. The Morgan fingerprint density at radius 2 is 1.94 bits per heavy atom. The van der Waals surface area contributed by atoms with Crippen molar-refractivity contribution in [2.45, 2.75) is 26.3 Å². The minimum Gasteiger partial charge on any atom is -0.507 e. The number of carbonyl (C=O) groups excluding carboxylic acids is 2. The van der Waals surface area contributed by atoms with Crippen LogP contribution in [0.1, 0.15) is 36.2 Å². The van der Waals surface area contributed by atoms with Crippen molar-refractivity contribution in [3.63, 3.8) is 0 Å². The molecule has 8 nitrogen and oxygen atoms in total. The molecule has 1 unspecified atom stereocenters. The van der Waals surface area contributed by atoms with Crippen LogP contribution < -0.4 is 0 Å². The SMILES string of the molecule is CCCN1C(=O)C(=O)/C(=C(/O)c2cccc([N+](=O)[O-])c2)C1c1c(C)[nH]c2ccccc12. The molecule has 31 heavy (non-hydrogen) atoms. The average Bonchev–Trinajstić information content (AvgIpc) is 3.21. The summed E-state index contributed by atoms with van der Waals surface area (Å²) in [7, 11) is 0. The molecule has 4 rings (SSSR count). The molecule has 0 bridgehead atoms. The van der Waals surface area contributed by atoms with Crippen molar-refractivity contribution in [3.8, 4) is 0 Å². The largest absolute Gasteiger partial charge is 0.507 e. The van der Waals surface area contributed by atoms with E-state index in [1.165, 1.54) is 29.2 Å². The number of hydrogen-bond donors (Lipinski definition) is 2. The minimum absolute atomic E-state index is 0.0631. The Balaban J connectivity index is 1.99. The Morgan fingerprint density at radius 1 is 1.19 bits per heavy atom. The first-order chi connectivity index (χ1) is 14.8. The van der Waals surface area contributed by atoms with Crippen molar-refractivity contribution in [2.24, 2.45) is 0 Å². The molecular weight excluding hydrogens is 398 g/mol. The highest BCUT2D eigenvalue weighted by molar-refractivity contribution is 6.46. The predicted molar refractivity (Wildman–Crippen MR) is 115 cm³/mol. The number of likely N-dealkylation sites (tertiary alicyclic amines) is 1. The van der Waals surface area contributed by atoms with Gasteiger partial charge in [0.15, 0.2) is 0 Å². The van der Waals surface area contributed by atoms with Crippen molar-refractivity contribution in [1.82, 2.24) is 9.88 Å². The molecule has 1 atom stereocenters. The summed E-state index contributed by atoms with van der Waals surface area (Å²) in [5, 5.41) is 23.1. The average molecular weight is 419 g/mol. The molecule has 8 heteroatoms. The second-order valence-corrected chi connectivity index (χ2v) is 7.51. The highest BCUT2D eigenvalue weighted by atomic mass is 16.6. The smallest absolute Gasteiger partial charge is 0.295 e. The van der Waals surface area contributed by atoms with Crippen molar-refractivity contribution in [1.29, 1.82) is 0 Å². The molecule has 1 aliphatic rings. The lowest BCUT2D eigenvalue weighted by molar-refractivity contribution is -0.384. The van der Waals surface area contributed by atoms with Gasteiger partial charge in [0, 0.05) is 46.4 Å². The fraction of sp³-hybridized carbons (Fsp3) is 0.217. The summed E-state index contributed by atoms with van der Waals surface area (Å²) in [6.45, 7) is 4.09. The number of fused-ring (bicyclic) bond motifs is 1. The van der Waals surface area contributed by atoms with Gasteiger partial charge in [-0.25, -0.2) is 0 Å². The van der Waals surface area contributed by atoms with Gasteiger partial charge in [0.2, 0.25) is 0 Å². The maximum atomic E-state index is 13.0. The van der Waals surface area contributed by atoms with Crippen LogP contribution in [-0.2, 0) is 9.59 Å². The number of ketones is 1. The summed E-state index contributed by atoms with van der Waals surface area (Å²) < 4.78 is 0. The minimum atomic E-state index is -0.799. The number of amides is 1. The third kappa shape index (κ3) is 3.26. The van der Waals surface area contributed by atoms with E-state index in [9.17, 15) is 24.8 Å². The Bertz CT molecular complexity index is 1260. The lowest BCUT2D eigenvalue weighted by atomic mass is 9.93. The summed E-state index contributed by atoms with van der Waals surface area (Å²) in [5.41, 5.74) is 2.20. The number of aromatic nitrogens is 1. The number of aromatic amines is 1. The standard InChI is InChI=1S/C23H21N3O5/c1-3-11-25-20(18-13(2)24-17-10-5-4-9-16(17)18)19(22(28)23(25)29)21(27)14-7-6-8-15(12-14)26(30)31/h4-10,12,20,24,27H,3,11H2,1-2H3/b21-19+. The Morgan fingerprint density at radius 3 is 2.65 bits per heavy atom. The van der Waals surface area contributed by atoms with E-state index in [0.717, 1.165) is 22.2 Å². The molecule has 2 aromatic carbocycles. The number of aliphatic hydroxyl groups excluding tert-OH is 1. The summed E-state index contributed by atoms with van der Waals surface area (Å²) in [4.78, 5) is 41.2. The highest BCUT2D eigenvalue weighted by Crippen LogP contribution is 2.43. The topological polar surface area (TPSA) is 117 Å². The van der Waals surface area contributed by atoms with E-state index < -0.39 is 28.4 Å². The predicted octanol–water partition coefficient (Wildman–Crippen LogP) is 4.22. The molecule has 1 fully saturated rings. The molecular formula is C23H21N3O5. The van der Waals surface area contributed by atoms with Gasteiger partial charge in [-0.05, 0) is 19.4 Å². The molecule has 1 aromatic heterocycles. The normalized spacial score (nSPS) is 18.1. The number of Topliss-reactive ketones (excluding diaryl/α,β-unsaturated/α-hetero) is 1. The van der Waals surface area contributed by atoms with Gasteiger partial charge in [-0.1, -0.05) is 37.3 Å².